The molecule has 2 aromatic rings. The highest BCUT2D eigenvalue weighted by molar-refractivity contribution is 6.03. The second-order valence-electron chi connectivity index (χ2n) is 4.78. The third-order valence-electron chi connectivity index (χ3n) is 3.14. The third kappa shape index (κ3) is 3.28. The van der Waals surface area contributed by atoms with Crippen LogP contribution in [0.2, 0.25) is 0 Å². The van der Waals surface area contributed by atoms with E-state index in [1.54, 1.807) is 4.90 Å². The average molecular weight is 289 g/mol. The number of aryl methyl sites for hydroxylation is 2. The van der Waals surface area contributed by atoms with Gasteiger partial charge in [0, 0.05) is 19.3 Å². The SMILES string of the molecule is CCN(C(=O)c1noc(COC)n1)c1cc(C)ccc1C. The van der Waals surface area contributed by atoms with Crippen molar-refractivity contribution in [1.82, 2.24) is 10.1 Å². The Hall–Kier alpha value is -2.21. The van der Waals surface area contributed by atoms with Crippen LogP contribution >= 0.6 is 0 Å². The van der Waals surface area contributed by atoms with Crippen LogP contribution < -0.4 is 4.90 Å². The zero-order chi connectivity index (χ0) is 15.4. The van der Waals surface area contributed by atoms with E-state index in [-0.39, 0.29) is 24.2 Å². The molecule has 0 atom stereocenters. The summed E-state index contributed by atoms with van der Waals surface area (Å²) in [7, 11) is 1.53. The molecule has 0 unspecified atom stereocenters. The number of methoxy groups -OCH3 is 1. The Labute approximate surface area is 123 Å². The monoisotopic (exact) mass is 289 g/mol. The first kappa shape index (κ1) is 15.2. The van der Waals surface area contributed by atoms with Gasteiger partial charge >= 0.3 is 0 Å². The molecule has 6 nitrogen and oxygen atoms in total. The first-order chi connectivity index (χ1) is 10.1. The highest BCUT2D eigenvalue weighted by Gasteiger charge is 2.23. The maximum absolute atomic E-state index is 12.6. The number of hydrogen-bond acceptors (Lipinski definition) is 5. The second-order valence-corrected chi connectivity index (χ2v) is 4.78. The molecule has 0 aliphatic heterocycles. The van der Waals surface area contributed by atoms with Crippen molar-refractivity contribution >= 4 is 11.6 Å². The minimum atomic E-state index is -0.280. The summed E-state index contributed by atoms with van der Waals surface area (Å²) in [5.74, 6) is 0.0555. The first-order valence-corrected chi connectivity index (χ1v) is 6.77. The van der Waals surface area contributed by atoms with Gasteiger partial charge in [-0.05, 0) is 38.0 Å². The molecule has 1 amide bonds. The zero-order valence-corrected chi connectivity index (χ0v) is 12.7. The van der Waals surface area contributed by atoms with Gasteiger partial charge in [-0.1, -0.05) is 17.3 Å². The van der Waals surface area contributed by atoms with Gasteiger partial charge in [0.15, 0.2) is 0 Å². The highest BCUT2D eigenvalue weighted by atomic mass is 16.5. The number of benzene rings is 1. The molecule has 0 bridgehead atoms. The van der Waals surface area contributed by atoms with E-state index in [4.69, 9.17) is 9.26 Å². The lowest BCUT2D eigenvalue weighted by molar-refractivity contribution is 0.0975. The summed E-state index contributed by atoms with van der Waals surface area (Å²) >= 11 is 0. The minimum absolute atomic E-state index is 0.0461. The predicted molar refractivity (Wildman–Crippen MR) is 78.3 cm³/mol. The van der Waals surface area contributed by atoms with Crippen molar-refractivity contribution < 1.29 is 14.1 Å². The molecule has 0 fully saturated rings. The molecule has 0 radical (unpaired) electrons. The van der Waals surface area contributed by atoms with E-state index >= 15 is 0 Å². The number of carbonyl (C=O) groups is 1. The van der Waals surface area contributed by atoms with Gasteiger partial charge in [0.05, 0.1) is 0 Å². The molecule has 1 aromatic heterocycles. The summed E-state index contributed by atoms with van der Waals surface area (Å²) in [6.07, 6.45) is 0. The number of aromatic nitrogens is 2. The maximum Gasteiger partial charge on any atom is 0.299 e. The summed E-state index contributed by atoms with van der Waals surface area (Å²) < 4.78 is 9.88. The predicted octanol–water partition coefficient (Wildman–Crippen LogP) is 2.50. The highest BCUT2D eigenvalue weighted by Crippen LogP contribution is 2.22. The summed E-state index contributed by atoms with van der Waals surface area (Å²) in [6, 6.07) is 5.99. The quantitative estimate of drug-likeness (QED) is 0.846. The number of ether oxygens (including phenoxy) is 1. The topological polar surface area (TPSA) is 68.5 Å². The fourth-order valence-corrected chi connectivity index (χ4v) is 2.08. The number of amides is 1. The molecule has 0 spiro atoms. The van der Waals surface area contributed by atoms with E-state index in [0.29, 0.717) is 6.54 Å². The lowest BCUT2D eigenvalue weighted by atomic mass is 10.1. The number of rotatable bonds is 5. The van der Waals surface area contributed by atoms with Crippen molar-refractivity contribution in [3.05, 3.63) is 41.0 Å². The molecule has 0 saturated carbocycles. The number of hydrogen-bond donors (Lipinski definition) is 0. The Morgan fingerprint density at radius 1 is 1.38 bits per heavy atom. The van der Waals surface area contributed by atoms with Gasteiger partial charge in [0.2, 0.25) is 0 Å². The average Bonchev–Trinajstić information content (AvgIpc) is 2.92. The molecule has 112 valence electrons. The maximum atomic E-state index is 12.6. The van der Waals surface area contributed by atoms with Crippen molar-refractivity contribution in [3.63, 3.8) is 0 Å². The fraction of sp³-hybridized carbons (Fsp3) is 0.400. The van der Waals surface area contributed by atoms with E-state index in [1.165, 1.54) is 7.11 Å². The van der Waals surface area contributed by atoms with Crippen LogP contribution in [0.3, 0.4) is 0 Å². The third-order valence-corrected chi connectivity index (χ3v) is 3.14. The van der Waals surface area contributed by atoms with Crippen LogP contribution in [0.1, 0.15) is 34.6 Å². The molecule has 2 rings (SSSR count). The molecule has 0 aliphatic carbocycles. The van der Waals surface area contributed by atoms with Gasteiger partial charge in [0.25, 0.3) is 17.6 Å². The molecule has 6 heteroatoms. The van der Waals surface area contributed by atoms with Gasteiger partial charge in [-0.3, -0.25) is 4.79 Å². The van der Waals surface area contributed by atoms with Crippen LogP contribution in [0, 0.1) is 13.8 Å². The molecule has 21 heavy (non-hydrogen) atoms. The van der Waals surface area contributed by atoms with Gasteiger partial charge in [0.1, 0.15) is 6.61 Å². The Bertz CT molecular complexity index is 637. The Morgan fingerprint density at radius 2 is 2.14 bits per heavy atom. The molecule has 0 saturated heterocycles. The number of carbonyl (C=O) groups excluding carboxylic acids is 1. The van der Waals surface area contributed by atoms with Crippen LogP contribution in [0.5, 0.6) is 0 Å². The van der Waals surface area contributed by atoms with Gasteiger partial charge in [-0.2, -0.15) is 4.98 Å². The Kier molecular flexibility index (Phi) is 4.70. The zero-order valence-electron chi connectivity index (χ0n) is 12.7. The van der Waals surface area contributed by atoms with Crippen molar-refractivity contribution in [2.45, 2.75) is 27.4 Å². The van der Waals surface area contributed by atoms with E-state index in [2.05, 4.69) is 10.1 Å². The second kappa shape index (κ2) is 6.49. The van der Waals surface area contributed by atoms with Crippen LogP contribution in [0.4, 0.5) is 5.69 Å². The lowest BCUT2D eigenvalue weighted by Gasteiger charge is -2.21. The molecule has 1 heterocycles. The number of nitrogens with zero attached hydrogens (tertiary/aromatic N) is 3. The molecular formula is C15H19N3O3. The lowest BCUT2D eigenvalue weighted by Crippen LogP contribution is -2.32. The summed E-state index contributed by atoms with van der Waals surface area (Å²) in [4.78, 5) is 18.3. The van der Waals surface area contributed by atoms with Crippen molar-refractivity contribution in [3.8, 4) is 0 Å². The Morgan fingerprint density at radius 3 is 2.81 bits per heavy atom. The fourth-order valence-electron chi connectivity index (χ4n) is 2.08. The van der Waals surface area contributed by atoms with Crippen molar-refractivity contribution in [1.29, 1.82) is 0 Å². The van der Waals surface area contributed by atoms with E-state index < -0.39 is 0 Å². The van der Waals surface area contributed by atoms with Crippen molar-refractivity contribution in [2.75, 3.05) is 18.6 Å². The van der Waals surface area contributed by atoms with E-state index in [9.17, 15) is 4.79 Å². The number of anilines is 1. The molecule has 0 aliphatic rings. The van der Waals surface area contributed by atoms with E-state index in [0.717, 1.165) is 16.8 Å². The van der Waals surface area contributed by atoms with Crippen molar-refractivity contribution in [2.24, 2.45) is 0 Å². The largest absolute Gasteiger partial charge is 0.375 e. The van der Waals surface area contributed by atoms with E-state index in [1.807, 2.05) is 39.0 Å². The standard InChI is InChI=1S/C15H19N3O3/c1-5-18(12-8-10(2)6-7-11(12)3)15(19)14-16-13(9-20-4)21-17-14/h6-8H,5,9H2,1-4H3. The van der Waals surface area contributed by atoms with Crippen LogP contribution in [-0.4, -0.2) is 29.7 Å². The smallest absolute Gasteiger partial charge is 0.299 e. The summed E-state index contributed by atoms with van der Waals surface area (Å²) in [5, 5.41) is 3.72. The normalized spacial score (nSPS) is 10.7. The molecular weight excluding hydrogens is 270 g/mol. The summed E-state index contributed by atoms with van der Waals surface area (Å²) in [6.45, 7) is 6.59. The molecule has 0 N–H and O–H groups in total. The van der Waals surface area contributed by atoms with Gasteiger partial charge < -0.3 is 14.2 Å². The first-order valence-electron chi connectivity index (χ1n) is 6.77. The summed E-state index contributed by atoms with van der Waals surface area (Å²) in [5.41, 5.74) is 2.98. The van der Waals surface area contributed by atoms with Crippen LogP contribution in [0.25, 0.3) is 0 Å². The van der Waals surface area contributed by atoms with Crippen LogP contribution in [0.15, 0.2) is 22.7 Å². The minimum Gasteiger partial charge on any atom is -0.375 e. The van der Waals surface area contributed by atoms with Gasteiger partial charge in [-0.15, -0.1) is 0 Å². The van der Waals surface area contributed by atoms with Crippen LogP contribution in [-0.2, 0) is 11.3 Å². The van der Waals surface area contributed by atoms with Gasteiger partial charge in [-0.25, -0.2) is 0 Å². The Balaban J connectivity index is 2.31. The molecule has 1 aromatic carbocycles.